The first-order chi connectivity index (χ1) is 15.3. The van der Waals surface area contributed by atoms with Gasteiger partial charge in [-0.3, -0.25) is 14.8 Å². The van der Waals surface area contributed by atoms with Gasteiger partial charge in [0.1, 0.15) is 0 Å². The van der Waals surface area contributed by atoms with Crippen LogP contribution >= 0.6 is 0 Å². The summed E-state index contributed by atoms with van der Waals surface area (Å²) in [6.07, 6.45) is 7.72. The predicted molar refractivity (Wildman–Crippen MR) is 123 cm³/mol. The van der Waals surface area contributed by atoms with Gasteiger partial charge in [0, 0.05) is 50.4 Å². The van der Waals surface area contributed by atoms with Crippen molar-refractivity contribution < 1.29 is 23.2 Å². The summed E-state index contributed by atoms with van der Waals surface area (Å²) in [6.45, 7) is 2.55. The molecule has 10 heteroatoms. The quantitative estimate of drug-likeness (QED) is 0.318. The lowest BCUT2D eigenvalue weighted by molar-refractivity contribution is -0.124. The number of anilines is 1. The van der Waals surface area contributed by atoms with Crippen molar-refractivity contribution in [2.75, 3.05) is 37.3 Å². The number of sulfonamides is 1. The molecule has 9 nitrogen and oxygen atoms in total. The largest absolute Gasteiger partial charge is 0.371 e. The molecule has 2 saturated heterocycles. The van der Waals surface area contributed by atoms with Gasteiger partial charge in [-0.25, -0.2) is 18.2 Å². The van der Waals surface area contributed by atoms with Gasteiger partial charge in [-0.1, -0.05) is 18.2 Å². The first kappa shape index (κ1) is 24.2. The van der Waals surface area contributed by atoms with Crippen LogP contribution in [0, 0.1) is 5.92 Å². The van der Waals surface area contributed by atoms with Crippen LogP contribution in [0.5, 0.6) is 0 Å². The zero-order valence-corrected chi connectivity index (χ0v) is 19.2. The first-order valence-electron chi connectivity index (χ1n) is 11.0. The summed E-state index contributed by atoms with van der Waals surface area (Å²) in [5.41, 5.74) is 3.49. The number of piperidine rings is 2. The van der Waals surface area contributed by atoms with E-state index in [9.17, 15) is 18.0 Å². The minimum atomic E-state index is -3.15. The van der Waals surface area contributed by atoms with Gasteiger partial charge in [0.15, 0.2) is 0 Å². The van der Waals surface area contributed by atoms with E-state index in [0.717, 1.165) is 50.0 Å². The number of nitrogens with one attached hydrogen (secondary N) is 2. The van der Waals surface area contributed by atoms with Crippen molar-refractivity contribution in [2.24, 2.45) is 5.92 Å². The van der Waals surface area contributed by atoms with Gasteiger partial charge < -0.3 is 10.2 Å². The van der Waals surface area contributed by atoms with Crippen molar-refractivity contribution in [3.63, 3.8) is 0 Å². The molecule has 2 aliphatic rings. The van der Waals surface area contributed by atoms with E-state index in [1.54, 1.807) is 11.6 Å². The van der Waals surface area contributed by atoms with E-state index < -0.39 is 15.9 Å². The number of hydrogen-bond donors (Lipinski definition) is 3. The third-order valence-corrected chi connectivity index (χ3v) is 7.48. The molecule has 0 unspecified atom stereocenters. The number of carbonyl (C=O) groups is 2. The number of hydrogen-bond acceptors (Lipinski definition) is 6. The highest BCUT2D eigenvalue weighted by molar-refractivity contribution is 7.88. The average Bonchev–Trinajstić information content (AvgIpc) is 2.78. The highest BCUT2D eigenvalue weighted by atomic mass is 32.2. The highest BCUT2D eigenvalue weighted by Crippen LogP contribution is 2.26. The SMILES string of the molecule is CS(=O)(=O)N1CCC(CC(=O)NC2CCN(c3ccccc3/C=C/C(=O)NO)CC2)CC1. The second-order valence-corrected chi connectivity index (χ2v) is 10.5. The number of rotatable bonds is 7. The van der Waals surface area contributed by atoms with Gasteiger partial charge in [0.05, 0.1) is 6.26 Å². The number of hydroxylamine groups is 1. The van der Waals surface area contributed by atoms with Crippen molar-refractivity contribution in [1.82, 2.24) is 15.1 Å². The fourth-order valence-electron chi connectivity index (χ4n) is 4.38. The van der Waals surface area contributed by atoms with Gasteiger partial charge in [-0.2, -0.15) is 0 Å². The van der Waals surface area contributed by atoms with Crippen LogP contribution in [-0.4, -0.2) is 68.2 Å². The summed E-state index contributed by atoms with van der Waals surface area (Å²) in [5.74, 6) is -0.314. The molecule has 32 heavy (non-hydrogen) atoms. The highest BCUT2D eigenvalue weighted by Gasteiger charge is 2.27. The fraction of sp³-hybridized carbons (Fsp3) is 0.545. The Morgan fingerprint density at radius 3 is 2.38 bits per heavy atom. The molecule has 2 aliphatic heterocycles. The number of amides is 2. The van der Waals surface area contributed by atoms with Gasteiger partial charge in [-0.05, 0) is 49.3 Å². The van der Waals surface area contributed by atoms with Crippen LogP contribution in [0.3, 0.4) is 0 Å². The van der Waals surface area contributed by atoms with Crippen LogP contribution in [-0.2, 0) is 19.6 Å². The summed E-state index contributed by atoms with van der Waals surface area (Å²) >= 11 is 0. The Hall–Kier alpha value is -2.43. The van der Waals surface area contributed by atoms with Crippen molar-refractivity contribution in [2.45, 2.75) is 38.1 Å². The van der Waals surface area contributed by atoms with E-state index in [1.165, 1.54) is 16.6 Å². The Morgan fingerprint density at radius 2 is 1.75 bits per heavy atom. The van der Waals surface area contributed by atoms with Crippen LogP contribution in [0.1, 0.15) is 37.7 Å². The van der Waals surface area contributed by atoms with E-state index in [1.807, 2.05) is 24.3 Å². The molecule has 1 aromatic rings. The van der Waals surface area contributed by atoms with E-state index in [-0.39, 0.29) is 17.9 Å². The monoisotopic (exact) mass is 464 g/mol. The maximum Gasteiger partial charge on any atom is 0.267 e. The maximum absolute atomic E-state index is 12.5. The minimum absolute atomic E-state index is 0.0413. The van der Waals surface area contributed by atoms with Crippen LogP contribution in [0.25, 0.3) is 6.08 Å². The van der Waals surface area contributed by atoms with Crippen LogP contribution < -0.4 is 15.7 Å². The van der Waals surface area contributed by atoms with Crippen molar-refractivity contribution in [3.05, 3.63) is 35.9 Å². The van der Waals surface area contributed by atoms with Gasteiger partial charge >= 0.3 is 0 Å². The Bertz CT molecular complexity index is 933. The second kappa shape index (κ2) is 10.9. The van der Waals surface area contributed by atoms with Crippen molar-refractivity contribution >= 4 is 33.6 Å². The molecule has 3 N–H and O–H groups in total. The number of nitrogens with zero attached hydrogens (tertiary/aromatic N) is 2. The zero-order chi connectivity index (χ0) is 23.1. The van der Waals surface area contributed by atoms with Gasteiger partial charge in [0.25, 0.3) is 5.91 Å². The third kappa shape index (κ3) is 6.78. The average molecular weight is 465 g/mol. The molecule has 0 atom stereocenters. The molecule has 176 valence electrons. The Labute approximate surface area is 189 Å². The molecular formula is C22H32N4O5S. The van der Waals surface area contributed by atoms with E-state index >= 15 is 0 Å². The summed E-state index contributed by atoms with van der Waals surface area (Å²) in [7, 11) is -3.15. The smallest absolute Gasteiger partial charge is 0.267 e. The zero-order valence-electron chi connectivity index (χ0n) is 18.4. The molecule has 2 fully saturated rings. The molecule has 3 rings (SSSR count). The van der Waals surface area contributed by atoms with Crippen molar-refractivity contribution in [1.29, 1.82) is 0 Å². The topological polar surface area (TPSA) is 119 Å². The molecule has 1 aromatic carbocycles. The predicted octanol–water partition coefficient (Wildman–Crippen LogP) is 1.35. The molecule has 0 saturated carbocycles. The first-order valence-corrected chi connectivity index (χ1v) is 12.8. The van der Waals surface area contributed by atoms with Crippen LogP contribution in [0.4, 0.5) is 5.69 Å². The lowest BCUT2D eigenvalue weighted by Crippen LogP contribution is -2.45. The summed E-state index contributed by atoms with van der Waals surface area (Å²) < 4.78 is 24.7. The molecule has 2 heterocycles. The van der Waals surface area contributed by atoms with E-state index in [4.69, 9.17) is 5.21 Å². The lowest BCUT2D eigenvalue weighted by atomic mass is 9.94. The number of carbonyl (C=O) groups excluding carboxylic acids is 2. The Kier molecular flexibility index (Phi) is 8.27. The second-order valence-electron chi connectivity index (χ2n) is 8.51. The van der Waals surface area contributed by atoms with Crippen molar-refractivity contribution in [3.8, 4) is 0 Å². The normalized spacial score (nSPS) is 19.2. The minimum Gasteiger partial charge on any atom is -0.371 e. The van der Waals surface area contributed by atoms with E-state index in [0.29, 0.717) is 19.5 Å². The molecule has 0 aliphatic carbocycles. The third-order valence-electron chi connectivity index (χ3n) is 6.18. The summed E-state index contributed by atoms with van der Waals surface area (Å²) in [5, 5.41) is 11.8. The summed E-state index contributed by atoms with van der Waals surface area (Å²) in [6, 6.07) is 7.88. The number of para-hydroxylation sites is 1. The molecule has 0 aromatic heterocycles. The maximum atomic E-state index is 12.5. The van der Waals surface area contributed by atoms with Gasteiger partial charge in [0.2, 0.25) is 15.9 Å². The van der Waals surface area contributed by atoms with E-state index in [2.05, 4.69) is 10.2 Å². The molecular weight excluding hydrogens is 432 g/mol. The lowest BCUT2D eigenvalue weighted by Gasteiger charge is -2.35. The van der Waals surface area contributed by atoms with Crippen LogP contribution in [0.2, 0.25) is 0 Å². The summed E-state index contributed by atoms with van der Waals surface area (Å²) in [4.78, 5) is 26.0. The molecule has 0 radical (unpaired) electrons. The molecule has 0 bridgehead atoms. The number of benzene rings is 1. The Balaban J connectivity index is 1.46. The van der Waals surface area contributed by atoms with Crippen LogP contribution in [0.15, 0.2) is 30.3 Å². The van der Waals surface area contributed by atoms with Gasteiger partial charge in [-0.15, -0.1) is 0 Å². The Morgan fingerprint density at radius 1 is 1.09 bits per heavy atom. The standard InChI is InChI=1S/C22H32N4O5S/c1-32(30,31)26-14-8-17(9-15-26)16-22(28)23-19-10-12-25(13-11-19)20-5-3-2-4-18(20)6-7-21(27)24-29/h2-7,17,19,29H,8-16H2,1H3,(H,23,28)(H,24,27)/b7-6+. The fourth-order valence-corrected chi connectivity index (χ4v) is 5.25. The molecule has 0 spiro atoms. The molecule has 2 amide bonds.